The lowest BCUT2D eigenvalue weighted by atomic mass is 9.97. The van der Waals surface area contributed by atoms with Crippen LogP contribution in [0.4, 0.5) is 0 Å². The van der Waals surface area contributed by atoms with Crippen LogP contribution in [0, 0.1) is 6.92 Å². The molecule has 1 unspecified atom stereocenters. The highest BCUT2D eigenvalue weighted by atomic mass is 16.5. The first-order valence-corrected chi connectivity index (χ1v) is 14.1. The number of nitrogens with zero attached hydrogens (tertiary/aromatic N) is 2. The number of morpholine rings is 1. The summed E-state index contributed by atoms with van der Waals surface area (Å²) in [4.78, 5) is 31.8. The van der Waals surface area contributed by atoms with E-state index in [0.717, 1.165) is 56.0 Å². The predicted octanol–water partition coefficient (Wildman–Crippen LogP) is 4.96. The van der Waals surface area contributed by atoms with Crippen LogP contribution >= 0.6 is 0 Å². The molecule has 0 radical (unpaired) electrons. The normalized spacial score (nSPS) is 17.2. The molecule has 0 spiro atoms. The monoisotopic (exact) mass is 554 g/mol. The lowest BCUT2D eigenvalue weighted by Gasteiger charge is -2.29. The first-order chi connectivity index (χ1) is 20.0. The molecule has 0 N–H and O–H groups in total. The fourth-order valence-corrected chi connectivity index (χ4v) is 5.71. The Bertz CT molecular complexity index is 1610. The Morgan fingerprint density at radius 3 is 2.51 bits per heavy atom. The van der Waals surface area contributed by atoms with Crippen molar-refractivity contribution in [2.75, 3.05) is 46.5 Å². The maximum Gasteiger partial charge on any atom is 0.290 e. The smallest absolute Gasteiger partial charge is 0.290 e. The van der Waals surface area contributed by atoms with Crippen molar-refractivity contribution < 1.29 is 23.4 Å². The third-order valence-corrected chi connectivity index (χ3v) is 7.84. The average Bonchev–Trinajstić information content (AvgIpc) is 3.28. The third-order valence-electron chi connectivity index (χ3n) is 7.84. The van der Waals surface area contributed by atoms with Crippen molar-refractivity contribution in [1.29, 1.82) is 0 Å². The topological polar surface area (TPSA) is 81.5 Å². The Kier molecular flexibility index (Phi) is 7.76. The van der Waals surface area contributed by atoms with E-state index < -0.39 is 6.04 Å². The van der Waals surface area contributed by atoms with Crippen molar-refractivity contribution in [3.63, 3.8) is 0 Å². The summed E-state index contributed by atoms with van der Waals surface area (Å²) in [5.74, 6) is 0.972. The van der Waals surface area contributed by atoms with Gasteiger partial charge in [-0.25, -0.2) is 0 Å². The summed E-state index contributed by atoms with van der Waals surface area (Å²) in [6, 6.07) is 20.4. The zero-order chi connectivity index (χ0) is 28.3. The molecule has 6 rings (SSSR count). The number of hydrogen-bond acceptors (Lipinski definition) is 7. The number of benzene rings is 3. The van der Waals surface area contributed by atoms with Crippen LogP contribution in [0.15, 0.2) is 75.9 Å². The molecule has 3 aromatic carbocycles. The maximum absolute atomic E-state index is 13.9. The Labute approximate surface area is 239 Å². The van der Waals surface area contributed by atoms with Gasteiger partial charge in [-0.05, 0) is 48.7 Å². The number of carbonyl (C=O) groups excluding carboxylic acids is 1. The van der Waals surface area contributed by atoms with Crippen molar-refractivity contribution in [2.24, 2.45) is 0 Å². The number of rotatable bonds is 9. The predicted molar refractivity (Wildman–Crippen MR) is 156 cm³/mol. The molecule has 2 aliphatic rings. The highest BCUT2D eigenvalue weighted by molar-refractivity contribution is 5.99. The van der Waals surface area contributed by atoms with Crippen LogP contribution in [0.2, 0.25) is 0 Å². The van der Waals surface area contributed by atoms with E-state index in [2.05, 4.69) is 4.90 Å². The van der Waals surface area contributed by atoms with Gasteiger partial charge in [0.2, 0.25) is 5.76 Å². The average molecular weight is 555 g/mol. The molecule has 1 saturated heterocycles. The van der Waals surface area contributed by atoms with Crippen LogP contribution in [0.1, 0.15) is 45.3 Å². The van der Waals surface area contributed by atoms with Gasteiger partial charge < -0.3 is 23.5 Å². The number of aryl methyl sites for hydroxylation is 1. The second-order valence-corrected chi connectivity index (χ2v) is 10.6. The lowest BCUT2D eigenvalue weighted by molar-refractivity contribution is 0.0353. The van der Waals surface area contributed by atoms with Crippen LogP contribution in [0.25, 0.3) is 11.0 Å². The summed E-state index contributed by atoms with van der Waals surface area (Å²) in [6.45, 7) is 6.85. The number of fused-ring (bicyclic) bond motifs is 2. The second-order valence-electron chi connectivity index (χ2n) is 10.6. The van der Waals surface area contributed by atoms with Crippen LogP contribution in [0.3, 0.4) is 0 Å². The Hall–Kier alpha value is -4.14. The molecule has 8 heteroatoms. The quantitative estimate of drug-likeness (QED) is 0.289. The molecule has 212 valence electrons. The van der Waals surface area contributed by atoms with Crippen LogP contribution in [-0.2, 0) is 11.3 Å². The molecule has 41 heavy (non-hydrogen) atoms. The number of ether oxygens (including phenoxy) is 3. The summed E-state index contributed by atoms with van der Waals surface area (Å²) in [7, 11) is 1.59. The SMILES string of the molecule is COc1cc(C2c3c(oc4ccc(C)cc4c3=O)C(=O)N2CCCN2CCOCC2)ccc1OCc1ccccc1. The minimum absolute atomic E-state index is 0.117. The minimum Gasteiger partial charge on any atom is -0.493 e. The molecule has 1 amide bonds. The second kappa shape index (κ2) is 11.8. The lowest BCUT2D eigenvalue weighted by Crippen LogP contribution is -2.38. The van der Waals surface area contributed by atoms with E-state index in [1.165, 1.54) is 0 Å². The molecular formula is C33H34N2O6. The molecule has 2 aliphatic heterocycles. The fourth-order valence-electron chi connectivity index (χ4n) is 5.71. The van der Waals surface area contributed by atoms with E-state index in [1.54, 1.807) is 18.1 Å². The van der Waals surface area contributed by atoms with E-state index in [4.69, 9.17) is 18.6 Å². The molecule has 0 aliphatic carbocycles. The Morgan fingerprint density at radius 1 is 0.927 bits per heavy atom. The van der Waals surface area contributed by atoms with Crippen molar-refractivity contribution in [3.05, 3.63) is 105 Å². The highest BCUT2D eigenvalue weighted by Crippen LogP contribution is 2.41. The Morgan fingerprint density at radius 2 is 1.73 bits per heavy atom. The van der Waals surface area contributed by atoms with Gasteiger partial charge in [-0.1, -0.05) is 48.0 Å². The maximum atomic E-state index is 13.9. The Balaban J connectivity index is 1.35. The molecular weight excluding hydrogens is 520 g/mol. The van der Waals surface area contributed by atoms with Crippen molar-refractivity contribution in [1.82, 2.24) is 9.80 Å². The third kappa shape index (κ3) is 5.45. The van der Waals surface area contributed by atoms with Crippen molar-refractivity contribution in [2.45, 2.75) is 26.0 Å². The molecule has 0 bridgehead atoms. The van der Waals surface area contributed by atoms with Crippen molar-refractivity contribution >= 4 is 16.9 Å². The minimum atomic E-state index is -0.597. The van der Waals surface area contributed by atoms with Gasteiger partial charge in [-0.3, -0.25) is 14.5 Å². The molecule has 0 saturated carbocycles. The van der Waals surface area contributed by atoms with Gasteiger partial charge in [-0.15, -0.1) is 0 Å². The summed E-state index contributed by atoms with van der Waals surface area (Å²) in [5.41, 5.74) is 3.38. The number of methoxy groups -OCH3 is 1. The molecule has 4 aromatic rings. The zero-order valence-corrected chi connectivity index (χ0v) is 23.4. The van der Waals surface area contributed by atoms with Gasteiger partial charge in [0.1, 0.15) is 12.2 Å². The van der Waals surface area contributed by atoms with E-state index in [-0.39, 0.29) is 17.1 Å². The largest absolute Gasteiger partial charge is 0.493 e. The summed E-state index contributed by atoms with van der Waals surface area (Å²) in [6.07, 6.45) is 0.762. The van der Waals surface area contributed by atoms with Gasteiger partial charge in [0.25, 0.3) is 5.91 Å². The summed E-state index contributed by atoms with van der Waals surface area (Å²) < 4.78 is 23.4. The van der Waals surface area contributed by atoms with Crippen LogP contribution < -0.4 is 14.9 Å². The zero-order valence-electron chi connectivity index (χ0n) is 23.4. The van der Waals surface area contributed by atoms with Gasteiger partial charge in [0.15, 0.2) is 16.9 Å². The van der Waals surface area contributed by atoms with E-state index >= 15 is 0 Å². The highest BCUT2D eigenvalue weighted by Gasteiger charge is 2.42. The van der Waals surface area contributed by atoms with Gasteiger partial charge in [0, 0.05) is 26.2 Å². The first-order valence-electron chi connectivity index (χ1n) is 14.1. The van der Waals surface area contributed by atoms with Gasteiger partial charge >= 0.3 is 0 Å². The first kappa shape index (κ1) is 27.1. The molecule has 3 heterocycles. The van der Waals surface area contributed by atoms with E-state index in [1.807, 2.05) is 67.6 Å². The van der Waals surface area contributed by atoms with Crippen LogP contribution in [-0.4, -0.2) is 62.2 Å². The molecule has 1 fully saturated rings. The van der Waals surface area contributed by atoms with Gasteiger partial charge in [0.05, 0.1) is 37.3 Å². The van der Waals surface area contributed by atoms with Gasteiger partial charge in [-0.2, -0.15) is 0 Å². The fraction of sp³-hybridized carbons (Fsp3) is 0.333. The summed E-state index contributed by atoms with van der Waals surface area (Å²) in [5, 5.41) is 0.478. The molecule has 8 nitrogen and oxygen atoms in total. The van der Waals surface area contributed by atoms with E-state index in [9.17, 15) is 9.59 Å². The van der Waals surface area contributed by atoms with Crippen molar-refractivity contribution in [3.8, 4) is 11.5 Å². The van der Waals surface area contributed by atoms with Crippen LogP contribution in [0.5, 0.6) is 11.5 Å². The summed E-state index contributed by atoms with van der Waals surface area (Å²) >= 11 is 0. The standard InChI is InChI=1S/C33H34N2O6/c1-22-9-11-26-25(19-22)31(36)29-30(35(33(37)32(29)41-26)14-6-13-34-15-17-39-18-16-34)24-10-12-27(28(20-24)38-2)40-21-23-7-4-3-5-8-23/h3-5,7-12,19-20,30H,6,13-18,21H2,1-2H3. The molecule has 1 atom stereocenters. The number of carbonyl (C=O) groups is 1. The number of amides is 1. The number of hydrogen-bond donors (Lipinski definition) is 0. The van der Waals surface area contributed by atoms with E-state index in [0.29, 0.717) is 41.2 Å². The molecule has 1 aromatic heterocycles.